The number of halogens is 5. The number of benzene rings is 1. The number of rotatable bonds is 4. The lowest BCUT2D eigenvalue weighted by atomic mass is 9.85. The monoisotopic (exact) mass is 494 g/mol. The Labute approximate surface area is 199 Å². The van der Waals surface area contributed by atoms with Gasteiger partial charge in [-0.25, -0.2) is 8.78 Å². The Balaban J connectivity index is 1.28. The molecule has 3 aliphatic carbocycles. The average molecular weight is 495 g/mol. The molecule has 0 amide bonds. The van der Waals surface area contributed by atoms with Gasteiger partial charge in [0.15, 0.2) is 5.82 Å². The van der Waals surface area contributed by atoms with Gasteiger partial charge in [-0.15, -0.1) is 10.2 Å². The van der Waals surface area contributed by atoms with E-state index < -0.39 is 23.4 Å². The average Bonchev–Trinajstić information content (AvgIpc) is 3.40. The lowest BCUT2D eigenvalue weighted by Gasteiger charge is -2.46. The van der Waals surface area contributed by atoms with Crippen LogP contribution in [0.25, 0.3) is 11.3 Å². The van der Waals surface area contributed by atoms with Crippen molar-refractivity contribution in [1.29, 1.82) is 0 Å². The summed E-state index contributed by atoms with van der Waals surface area (Å²) in [4.78, 5) is 2.15. The number of aromatic nitrogens is 2. The Morgan fingerprint density at radius 2 is 1.77 bits per heavy atom. The van der Waals surface area contributed by atoms with Crippen LogP contribution in [0.4, 0.5) is 27.8 Å². The Bertz CT molecular complexity index is 1150. The van der Waals surface area contributed by atoms with Gasteiger partial charge >= 0.3 is 6.18 Å². The normalized spacial score (nSPS) is 28.1. The van der Waals surface area contributed by atoms with Gasteiger partial charge in [0.25, 0.3) is 5.92 Å². The number of nitrogens with zero attached hydrogens (tertiary/aromatic N) is 3. The molecule has 2 aromatic rings. The largest absolute Gasteiger partial charge is 0.507 e. The van der Waals surface area contributed by atoms with Crippen molar-refractivity contribution in [2.24, 2.45) is 0 Å². The number of hydrogen-bond acceptors (Lipinski definition) is 5. The molecule has 6 rings (SSSR count). The highest BCUT2D eigenvalue weighted by Gasteiger charge is 2.48. The molecule has 0 radical (unpaired) electrons. The van der Waals surface area contributed by atoms with Crippen molar-refractivity contribution in [3.05, 3.63) is 34.9 Å². The van der Waals surface area contributed by atoms with Gasteiger partial charge in [-0.05, 0) is 74.2 Å². The Kier molecular flexibility index (Phi) is 5.25. The van der Waals surface area contributed by atoms with E-state index in [0.29, 0.717) is 24.0 Å². The van der Waals surface area contributed by atoms with Crippen LogP contribution < -0.4 is 5.32 Å². The highest BCUT2D eigenvalue weighted by molar-refractivity contribution is 5.75. The summed E-state index contributed by atoms with van der Waals surface area (Å²) in [7, 11) is 0. The molecule has 2 bridgehead atoms. The first-order chi connectivity index (χ1) is 16.6. The van der Waals surface area contributed by atoms with Crippen LogP contribution in [0.2, 0.25) is 0 Å². The molecule has 5 nitrogen and oxygen atoms in total. The lowest BCUT2D eigenvalue weighted by Crippen LogP contribution is -2.55. The molecule has 2 saturated carbocycles. The summed E-state index contributed by atoms with van der Waals surface area (Å²) in [5.74, 6) is -1.78. The van der Waals surface area contributed by atoms with E-state index in [2.05, 4.69) is 20.4 Å². The number of phenolic OH excluding ortho intramolecular Hbond substituents is 1. The number of fused-ring (bicyclic) bond motifs is 5. The molecule has 2 unspecified atom stereocenters. The molecule has 1 aromatic heterocycles. The van der Waals surface area contributed by atoms with Crippen LogP contribution in [0.15, 0.2) is 18.2 Å². The van der Waals surface area contributed by atoms with Crippen molar-refractivity contribution >= 4 is 5.82 Å². The second-order valence-electron chi connectivity index (χ2n) is 10.6. The SMILES string of the molecule is Oc1cc(C(F)(F)F)ccc1-c1nnc(N[C@@H]2CCCN(C3CC(F)(F)C3)C2)c2c1C1CCC2C1. The lowest BCUT2D eigenvalue weighted by molar-refractivity contribution is -0.137. The Hall–Kier alpha value is -2.49. The highest BCUT2D eigenvalue weighted by atomic mass is 19.4. The van der Waals surface area contributed by atoms with Crippen molar-refractivity contribution in [3.8, 4) is 17.0 Å². The molecule has 4 aliphatic rings. The molecule has 3 atom stereocenters. The van der Waals surface area contributed by atoms with Crippen LogP contribution in [-0.2, 0) is 6.18 Å². The zero-order valence-electron chi connectivity index (χ0n) is 19.1. The van der Waals surface area contributed by atoms with E-state index in [1.165, 1.54) is 6.07 Å². The number of aromatic hydroxyl groups is 1. The van der Waals surface area contributed by atoms with Gasteiger partial charge in [-0.2, -0.15) is 13.2 Å². The van der Waals surface area contributed by atoms with Crippen molar-refractivity contribution in [3.63, 3.8) is 0 Å². The van der Waals surface area contributed by atoms with Gasteiger partial charge in [0.05, 0.1) is 5.56 Å². The van der Waals surface area contributed by atoms with E-state index >= 15 is 0 Å². The molecule has 188 valence electrons. The maximum absolute atomic E-state index is 13.4. The second-order valence-corrected chi connectivity index (χ2v) is 10.6. The summed E-state index contributed by atoms with van der Waals surface area (Å²) in [6, 6.07) is 2.97. The topological polar surface area (TPSA) is 61.3 Å². The summed E-state index contributed by atoms with van der Waals surface area (Å²) < 4.78 is 66.0. The van der Waals surface area contributed by atoms with E-state index in [-0.39, 0.29) is 36.4 Å². The minimum atomic E-state index is -4.54. The zero-order chi connectivity index (χ0) is 24.5. The maximum atomic E-state index is 13.4. The van der Waals surface area contributed by atoms with Gasteiger partial charge in [-0.3, -0.25) is 4.90 Å². The second kappa shape index (κ2) is 8.01. The fourth-order valence-corrected chi connectivity index (χ4v) is 6.55. The van der Waals surface area contributed by atoms with Crippen LogP contribution in [0, 0.1) is 0 Å². The molecule has 3 fully saturated rings. The maximum Gasteiger partial charge on any atom is 0.416 e. The quantitative estimate of drug-likeness (QED) is 0.518. The third kappa shape index (κ3) is 4.03. The first-order valence-electron chi connectivity index (χ1n) is 12.3. The molecule has 1 aliphatic heterocycles. The first-order valence-corrected chi connectivity index (χ1v) is 12.3. The van der Waals surface area contributed by atoms with Crippen LogP contribution in [-0.4, -0.2) is 51.3 Å². The van der Waals surface area contributed by atoms with Crippen molar-refractivity contribution < 1.29 is 27.1 Å². The van der Waals surface area contributed by atoms with Crippen LogP contribution in [0.1, 0.15) is 73.5 Å². The third-order valence-electron chi connectivity index (χ3n) is 8.26. The predicted molar refractivity (Wildman–Crippen MR) is 120 cm³/mol. The number of likely N-dealkylation sites (tertiary alicyclic amines) is 1. The van der Waals surface area contributed by atoms with Crippen molar-refractivity contribution in [2.75, 3.05) is 18.4 Å². The van der Waals surface area contributed by atoms with Gasteiger partial charge in [0.2, 0.25) is 0 Å². The van der Waals surface area contributed by atoms with E-state index in [9.17, 15) is 27.1 Å². The summed E-state index contributed by atoms with van der Waals surface area (Å²) in [6.07, 6.45) is 0.0622. The molecule has 1 aromatic carbocycles. The smallest absolute Gasteiger partial charge is 0.416 e. The van der Waals surface area contributed by atoms with Crippen LogP contribution in [0.3, 0.4) is 0 Å². The zero-order valence-corrected chi connectivity index (χ0v) is 19.1. The summed E-state index contributed by atoms with van der Waals surface area (Å²) in [5.41, 5.74) is 1.83. The minimum absolute atomic E-state index is 0.0702. The number of alkyl halides is 5. The Morgan fingerprint density at radius 3 is 2.46 bits per heavy atom. The van der Waals surface area contributed by atoms with Gasteiger partial charge in [-0.1, -0.05) is 0 Å². The van der Waals surface area contributed by atoms with Crippen molar-refractivity contribution in [2.45, 2.75) is 81.0 Å². The van der Waals surface area contributed by atoms with Crippen molar-refractivity contribution in [1.82, 2.24) is 15.1 Å². The van der Waals surface area contributed by atoms with E-state index in [1.54, 1.807) is 0 Å². The molecular weight excluding hydrogens is 467 g/mol. The van der Waals surface area contributed by atoms with E-state index in [4.69, 9.17) is 0 Å². The van der Waals surface area contributed by atoms with Crippen LogP contribution in [0.5, 0.6) is 5.75 Å². The Morgan fingerprint density at radius 1 is 1.03 bits per heavy atom. The summed E-state index contributed by atoms with van der Waals surface area (Å²) in [5, 5.41) is 22.8. The summed E-state index contributed by atoms with van der Waals surface area (Å²) >= 11 is 0. The predicted octanol–water partition coefficient (Wildman–Crippen LogP) is 5.91. The molecule has 2 N–H and O–H groups in total. The van der Waals surface area contributed by atoms with Gasteiger partial charge < -0.3 is 10.4 Å². The molecule has 35 heavy (non-hydrogen) atoms. The molecular formula is C25H27F5N4O. The fourth-order valence-electron chi connectivity index (χ4n) is 6.55. The van der Waals surface area contributed by atoms with Crippen LogP contribution >= 0.6 is 0 Å². The molecule has 1 saturated heterocycles. The van der Waals surface area contributed by atoms with Gasteiger partial charge in [0.1, 0.15) is 11.4 Å². The van der Waals surface area contributed by atoms with E-state index in [1.807, 2.05) is 0 Å². The minimum Gasteiger partial charge on any atom is -0.507 e. The standard InChI is InChI=1S/C25H27F5N4O/c26-24(27)10-17(11-24)34-7-1-2-16(12-34)31-23-21-14-4-3-13(8-14)20(21)22(32-33-23)18-6-5-15(9-19(18)35)25(28,29)30/h5-6,9,13-14,16-17,35H,1-4,7-8,10-12H2,(H,31,33)/t13?,14?,16-/m1/s1. The highest BCUT2D eigenvalue weighted by Crippen LogP contribution is 2.57. The summed E-state index contributed by atoms with van der Waals surface area (Å²) in [6.45, 7) is 1.49. The number of nitrogens with one attached hydrogen (secondary N) is 1. The third-order valence-corrected chi connectivity index (χ3v) is 8.26. The fraction of sp³-hybridized carbons (Fsp3) is 0.600. The number of piperidine rings is 1. The van der Waals surface area contributed by atoms with Gasteiger partial charge in [0, 0.05) is 42.6 Å². The number of hydrogen-bond donors (Lipinski definition) is 2. The van der Waals surface area contributed by atoms with E-state index in [0.717, 1.165) is 61.9 Å². The number of anilines is 1. The molecule has 2 heterocycles. The first kappa shape index (κ1) is 22.9. The molecule has 10 heteroatoms. The number of phenols is 1. The molecule has 0 spiro atoms.